The predicted molar refractivity (Wildman–Crippen MR) is 68.9 cm³/mol. The maximum atomic E-state index is 13.1. The molecule has 1 aliphatic carbocycles. The standard InChI is InChI=1S/C14H17FN2O2/c1-2-13(18)16-8-14(19)17-12-6-3-9-7-10(15)4-5-11(9)12/h4-5,7,12H,2-3,6,8H2,1H3,(H,16,18)(H,17,19). The topological polar surface area (TPSA) is 58.2 Å². The van der Waals surface area contributed by atoms with Crippen LogP contribution in [0.4, 0.5) is 4.39 Å². The van der Waals surface area contributed by atoms with Gasteiger partial charge in [0, 0.05) is 6.42 Å². The molecule has 0 heterocycles. The molecule has 0 aromatic heterocycles. The maximum absolute atomic E-state index is 13.1. The van der Waals surface area contributed by atoms with E-state index in [1.165, 1.54) is 12.1 Å². The molecule has 0 saturated carbocycles. The van der Waals surface area contributed by atoms with Crippen molar-refractivity contribution in [3.8, 4) is 0 Å². The monoisotopic (exact) mass is 264 g/mol. The molecule has 1 unspecified atom stereocenters. The molecule has 0 spiro atoms. The third-order valence-corrected chi connectivity index (χ3v) is 3.29. The van der Waals surface area contributed by atoms with E-state index in [1.54, 1.807) is 13.0 Å². The predicted octanol–water partition coefficient (Wildman–Crippen LogP) is 1.46. The van der Waals surface area contributed by atoms with Crippen LogP contribution in [0.3, 0.4) is 0 Å². The van der Waals surface area contributed by atoms with Crippen LogP contribution in [-0.2, 0) is 16.0 Å². The van der Waals surface area contributed by atoms with E-state index in [-0.39, 0.29) is 30.2 Å². The van der Waals surface area contributed by atoms with Crippen LogP contribution >= 0.6 is 0 Å². The summed E-state index contributed by atoms with van der Waals surface area (Å²) in [5.41, 5.74) is 1.92. The summed E-state index contributed by atoms with van der Waals surface area (Å²) in [4.78, 5) is 22.8. The van der Waals surface area contributed by atoms with Crippen molar-refractivity contribution in [2.75, 3.05) is 6.54 Å². The van der Waals surface area contributed by atoms with Gasteiger partial charge in [-0.1, -0.05) is 13.0 Å². The van der Waals surface area contributed by atoms with Gasteiger partial charge in [-0.15, -0.1) is 0 Å². The highest BCUT2D eigenvalue weighted by Crippen LogP contribution is 2.31. The van der Waals surface area contributed by atoms with Gasteiger partial charge >= 0.3 is 0 Å². The summed E-state index contributed by atoms with van der Waals surface area (Å²) in [6.45, 7) is 1.72. The number of hydrogen-bond donors (Lipinski definition) is 2. The van der Waals surface area contributed by atoms with Gasteiger partial charge in [0.05, 0.1) is 12.6 Å². The fourth-order valence-corrected chi connectivity index (χ4v) is 2.29. The second kappa shape index (κ2) is 5.82. The third-order valence-electron chi connectivity index (χ3n) is 3.29. The number of rotatable bonds is 4. The molecule has 2 amide bonds. The summed E-state index contributed by atoms with van der Waals surface area (Å²) in [6.07, 6.45) is 1.89. The average Bonchev–Trinajstić information content (AvgIpc) is 2.78. The number of carbonyl (C=O) groups excluding carboxylic acids is 2. The van der Waals surface area contributed by atoms with E-state index in [9.17, 15) is 14.0 Å². The minimum absolute atomic E-state index is 0.0142. The summed E-state index contributed by atoms with van der Waals surface area (Å²) in [5, 5.41) is 5.39. The van der Waals surface area contributed by atoms with E-state index in [0.717, 1.165) is 24.0 Å². The minimum atomic E-state index is -0.249. The van der Waals surface area contributed by atoms with E-state index in [2.05, 4.69) is 10.6 Å². The maximum Gasteiger partial charge on any atom is 0.239 e. The molecular weight excluding hydrogens is 247 g/mol. The molecule has 2 N–H and O–H groups in total. The molecule has 0 bridgehead atoms. The summed E-state index contributed by atoms with van der Waals surface area (Å²) in [7, 11) is 0. The van der Waals surface area contributed by atoms with E-state index < -0.39 is 0 Å². The van der Waals surface area contributed by atoms with Crippen molar-refractivity contribution < 1.29 is 14.0 Å². The molecule has 0 aliphatic heterocycles. The van der Waals surface area contributed by atoms with Crippen molar-refractivity contribution in [3.63, 3.8) is 0 Å². The molecule has 4 nitrogen and oxygen atoms in total. The lowest BCUT2D eigenvalue weighted by Crippen LogP contribution is -2.37. The molecule has 2 rings (SSSR count). The minimum Gasteiger partial charge on any atom is -0.348 e. The normalized spacial score (nSPS) is 16.8. The van der Waals surface area contributed by atoms with Gasteiger partial charge < -0.3 is 10.6 Å². The first kappa shape index (κ1) is 13.5. The molecule has 1 aliphatic rings. The highest BCUT2D eigenvalue weighted by atomic mass is 19.1. The van der Waals surface area contributed by atoms with Gasteiger partial charge in [0.15, 0.2) is 0 Å². The Balaban J connectivity index is 1.92. The zero-order valence-electron chi connectivity index (χ0n) is 10.8. The number of halogens is 1. The molecule has 1 aromatic carbocycles. The van der Waals surface area contributed by atoms with Crippen LogP contribution in [0.1, 0.15) is 36.9 Å². The smallest absolute Gasteiger partial charge is 0.239 e. The highest BCUT2D eigenvalue weighted by molar-refractivity contribution is 5.84. The molecule has 1 atom stereocenters. The van der Waals surface area contributed by atoms with Gasteiger partial charge in [0.1, 0.15) is 5.82 Å². The zero-order valence-corrected chi connectivity index (χ0v) is 10.8. The van der Waals surface area contributed by atoms with Crippen LogP contribution in [0, 0.1) is 5.82 Å². The number of hydrogen-bond acceptors (Lipinski definition) is 2. The Labute approximate surface area is 111 Å². The number of amides is 2. The largest absolute Gasteiger partial charge is 0.348 e. The van der Waals surface area contributed by atoms with Crippen LogP contribution in [0.15, 0.2) is 18.2 Å². The molecular formula is C14H17FN2O2. The molecule has 0 fully saturated rings. The van der Waals surface area contributed by atoms with Crippen LogP contribution in [-0.4, -0.2) is 18.4 Å². The number of nitrogens with one attached hydrogen (secondary N) is 2. The summed E-state index contributed by atoms with van der Waals surface area (Å²) in [5.74, 6) is -0.617. The number of carbonyl (C=O) groups is 2. The van der Waals surface area contributed by atoms with Gasteiger partial charge in [0.2, 0.25) is 11.8 Å². The number of aryl methyl sites for hydroxylation is 1. The Morgan fingerprint density at radius 1 is 1.37 bits per heavy atom. The first-order valence-electron chi connectivity index (χ1n) is 6.44. The van der Waals surface area contributed by atoms with Crippen LogP contribution in [0.5, 0.6) is 0 Å². The second-order valence-electron chi connectivity index (χ2n) is 4.63. The van der Waals surface area contributed by atoms with Gasteiger partial charge in [0.25, 0.3) is 0 Å². The lowest BCUT2D eigenvalue weighted by Gasteiger charge is -2.14. The lowest BCUT2D eigenvalue weighted by molar-refractivity contribution is -0.126. The van der Waals surface area contributed by atoms with Crippen LogP contribution in [0.25, 0.3) is 0 Å². The SMILES string of the molecule is CCC(=O)NCC(=O)NC1CCc2cc(F)ccc21. The van der Waals surface area contributed by atoms with Crippen LogP contribution < -0.4 is 10.6 Å². The quantitative estimate of drug-likeness (QED) is 0.865. The van der Waals surface area contributed by atoms with E-state index in [1.807, 2.05) is 0 Å². The van der Waals surface area contributed by atoms with Crippen molar-refractivity contribution >= 4 is 11.8 Å². The average molecular weight is 264 g/mol. The lowest BCUT2D eigenvalue weighted by atomic mass is 10.1. The van der Waals surface area contributed by atoms with Gasteiger partial charge in [-0.05, 0) is 36.1 Å². The number of benzene rings is 1. The fourth-order valence-electron chi connectivity index (χ4n) is 2.29. The summed E-state index contributed by atoms with van der Waals surface area (Å²) >= 11 is 0. The van der Waals surface area contributed by atoms with Crippen molar-refractivity contribution in [1.82, 2.24) is 10.6 Å². The molecule has 5 heteroatoms. The Kier molecular flexibility index (Phi) is 4.14. The van der Waals surface area contributed by atoms with Crippen molar-refractivity contribution in [3.05, 3.63) is 35.1 Å². The third kappa shape index (κ3) is 3.30. The molecule has 102 valence electrons. The van der Waals surface area contributed by atoms with E-state index >= 15 is 0 Å². The zero-order chi connectivity index (χ0) is 13.8. The molecule has 19 heavy (non-hydrogen) atoms. The second-order valence-corrected chi connectivity index (χ2v) is 4.63. The Morgan fingerprint density at radius 3 is 2.89 bits per heavy atom. The molecule has 1 aromatic rings. The molecule has 0 saturated heterocycles. The van der Waals surface area contributed by atoms with Crippen LogP contribution in [0.2, 0.25) is 0 Å². The summed E-state index contributed by atoms with van der Waals surface area (Å²) in [6, 6.07) is 4.55. The van der Waals surface area contributed by atoms with Crippen molar-refractivity contribution in [2.45, 2.75) is 32.2 Å². The van der Waals surface area contributed by atoms with Crippen molar-refractivity contribution in [2.24, 2.45) is 0 Å². The fraction of sp³-hybridized carbons (Fsp3) is 0.429. The Hall–Kier alpha value is -1.91. The highest BCUT2D eigenvalue weighted by Gasteiger charge is 2.24. The van der Waals surface area contributed by atoms with Gasteiger partial charge in [-0.25, -0.2) is 4.39 Å². The number of fused-ring (bicyclic) bond motifs is 1. The molecule has 0 radical (unpaired) electrons. The Morgan fingerprint density at radius 2 is 2.16 bits per heavy atom. The first-order valence-corrected chi connectivity index (χ1v) is 6.44. The van der Waals surface area contributed by atoms with Gasteiger partial charge in [-0.2, -0.15) is 0 Å². The first-order chi connectivity index (χ1) is 9.10. The Bertz CT molecular complexity index is 502. The van der Waals surface area contributed by atoms with E-state index in [0.29, 0.717) is 6.42 Å². The summed E-state index contributed by atoms with van der Waals surface area (Å²) < 4.78 is 13.1. The van der Waals surface area contributed by atoms with Crippen molar-refractivity contribution in [1.29, 1.82) is 0 Å². The van der Waals surface area contributed by atoms with E-state index in [4.69, 9.17) is 0 Å². The van der Waals surface area contributed by atoms with Gasteiger partial charge in [-0.3, -0.25) is 9.59 Å².